The van der Waals surface area contributed by atoms with Crippen LogP contribution in [-0.2, 0) is 25.7 Å². The van der Waals surface area contributed by atoms with Gasteiger partial charge in [-0.25, -0.2) is 0 Å². The van der Waals surface area contributed by atoms with Gasteiger partial charge in [0.05, 0.1) is 0 Å². The molecule has 1 aromatic heterocycles. The zero-order valence-corrected chi connectivity index (χ0v) is 19.9. The summed E-state index contributed by atoms with van der Waals surface area (Å²) < 4.78 is 16.9. The summed E-state index contributed by atoms with van der Waals surface area (Å²) in [7, 11) is 0. The number of hydrogen-bond acceptors (Lipinski definition) is 5. The number of nitrogens with one attached hydrogen (secondary N) is 1. The van der Waals surface area contributed by atoms with E-state index in [9.17, 15) is 9.59 Å². The highest BCUT2D eigenvalue weighted by Crippen LogP contribution is 2.41. The second-order valence-electron chi connectivity index (χ2n) is 9.33. The summed E-state index contributed by atoms with van der Waals surface area (Å²) in [6.07, 6.45) is 1.85. The Labute approximate surface area is 203 Å². The lowest BCUT2D eigenvalue weighted by atomic mass is 9.80. The summed E-state index contributed by atoms with van der Waals surface area (Å²) in [5.74, 6) is -3.50. The third kappa shape index (κ3) is 4.64. The molecule has 1 aliphatic rings. The fraction of sp³-hybridized carbons (Fsp3) is 0.241. The Morgan fingerprint density at radius 3 is 2.37 bits per heavy atom. The van der Waals surface area contributed by atoms with Crippen molar-refractivity contribution in [3.63, 3.8) is 0 Å². The molecule has 5 rings (SSSR count). The first kappa shape index (κ1) is 22.7. The third-order valence-corrected chi connectivity index (χ3v) is 6.22. The molecule has 1 atom stereocenters. The maximum Gasteiger partial charge on any atom is 0.324 e. The van der Waals surface area contributed by atoms with E-state index in [2.05, 4.69) is 11.1 Å². The van der Waals surface area contributed by atoms with E-state index >= 15 is 0 Å². The molecule has 1 fully saturated rings. The number of aromatic amines is 1. The average molecular weight is 470 g/mol. The number of cyclic esters (lactones) is 2. The lowest BCUT2D eigenvalue weighted by Gasteiger charge is -2.36. The van der Waals surface area contributed by atoms with Gasteiger partial charge in [-0.1, -0.05) is 60.2 Å². The molecule has 6 heteroatoms. The van der Waals surface area contributed by atoms with E-state index in [0.29, 0.717) is 12.4 Å². The molecule has 0 bridgehead atoms. The number of fused-ring (bicyclic) bond motifs is 1. The smallest absolute Gasteiger partial charge is 0.324 e. The summed E-state index contributed by atoms with van der Waals surface area (Å²) in [6, 6.07) is 23.4. The van der Waals surface area contributed by atoms with E-state index in [1.54, 1.807) is 13.8 Å². The molecule has 0 radical (unpaired) electrons. The van der Waals surface area contributed by atoms with Gasteiger partial charge in [-0.3, -0.25) is 9.59 Å². The second-order valence-corrected chi connectivity index (χ2v) is 9.33. The SMILES string of the molecule is Cc1cccc(COc2ccc([C@@H](c3c[nH]c4ccccc34)C3C(=O)OC(C)(C)OC3=O)cc2)c1. The average Bonchev–Trinajstić information content (AvgIpc) is 3.24. The van der Waals surface area contributed by atoms with Gasteiger partial charge < -0.3 is 19.2 Å². The number of rotatable bonds is 6. The maximum atomic E-state index is 13.1. The Kier molecular flexibility index (Phi) is 5.81. The molecule has 0 saturated carbocycles. The van der Waals surface area contributed by atoms with Crippen LogP contribution >= 0.6 is 0 Å². The van der Waals surface area contributed by atoms with Crippen LogP contribution in [0.2, 0.25) is 0 Å². The Balaban J connectivity index is 1.48. The van der Waals surface area contributed by atoms with Crippen LogP contribution in [0.25, 0.3) is 10.9 Å². The first-order chi connectivity index (χ1) is 16.8. The highest BCUT2D eigenvalue weighted by molar-refractivity contribution is 5.99. The van der Waals surface area contributed by atoms with E-state index < -0.39 is 29.6 Å². The maximum absolute atomic E-state index is 13.1. The van der Waals surface area contributed by atoms with Crippen molar-refractivity contribution >= 4 is 22.8 Å². The van der Waals surface area contributed by atoms with Gasteiger partial charge in [0.1, 0.15) is 12.4 Å². The van der Waals surface area contributed by atoms with Crippen LogP contribution in [-0.4, -0.2) is 22.7 Å². The third-order valence-electron chi connectivity index (χ3n) is 6.22. The van der Waals surface area contributed by atoms with Gasteiger partial charge in [-0.05, 0) is 41.8 Å². The molecule has 1 N–H and O–H groups in total. The van der Waals surface area contributed by atoms with Crippen LogP contribution in [0.15, 0.2) is 79.0 Å². The molecule has 1 aliphatic heterocycles. The number of hydrogen-bond donors (Lipinski definition) is 1. The van der Waals surface area contributed by atoms with Crippen molar-refractivity contribution in [2.45, 2.75) is 39.1 Å². The van der Waals surface area contributed by atoms with Crippen LogP contribution in [0.5, 0.6) is 5.75 Å². The van der Waals surface area contributed by atoms with Gasteiger partial charge in [0.15, 0.2) is 5.92 Å². The molecule has 6 nitrogen and oxygen atoms in total. The number of carbonyl (C=O) groups excluding carboxylic acids is 2. The minimum absolute atomic E-state index is 0.448. The summed E-state index contributed by atoms with van der Waals surface area (Å²) in [5, 5.41) is 0.933. The largest absolute Gasteiger partial charge is 0.489 e. The van der Waals surface area contributed by atoms with E-state index in [1.165, 1.54) is 5.56 Å². The molecule has 0 unspecified atom stereocenters. The minimum atomic E-state index is -1.29. The van der Waals surface area contributed by atoms with E-state index in [0.717, 1.165) is 27.6 Å². The molecule has 1 saturated heterocycles. The Bertz CT molecular complexity index is 1370. The molecule has 35 heavy (non-hydrogen) atoms. The van der Waals surface area contributed by atoms with Crippen LogP contribution in [0.1, 0.15) is 42.0 Å². The van der Waals surface area contributed by atoms with Gasteiger partial charge in [0.2, 0.25) is 0 Å². The number of H-pyrrole nitrogens is 1. The van der Waals surface area contributed by atoms with Gasteiger partial charge >= 0.3 is 11.9 Å². The van der Waals surface area contributed by atoms with Crippen LogP contribution < -0.4 is 4.74 Å². The normalized spacial score (nSPS) is 16.5. The van der Waals surface area contributed by atoms with E-state index in [1.807, 2.05) is 79.9 Å². The van der Waals surface area contributed by atoms with Crippen molar-refractivity contribution in [2.75, 3.05) is 0 Å². The number of esters is 2. The highest BCUT2D eigenvalue weighted by Gasteiger charge is 2.48. The molecule has 178 valence electrons. The van der Waals surface area contributed by atoms with Crippen molar-refractivity contribution < 1.29 is 23.8 Å². The highest BCUT2D eigenvalue weighted by atomic mass is 16.7. The lowest BCUT2D eigenvalue weighted by Crippen LogP contribution is -2.48. The Morgan fingerprint density at radius 2 is 1.66 bits per heavy atom. The van der Waals surface area contributed by atoms with Gasteiger partial charge in [0.25, 0.3) is 5.79 Å². The molecule has 0 spiro atoms. The van der Waals surface area contributed by atoms with Crippen LogP contribution in [0.3, 0.4) is 0 Å². The van der Waals surface area contributed by atoms with Crippen LogP contribution in [0, 0.1) is 12.8 Å². The van der Waals surface area contributed by atoms with E-state index in [-0.39, 0.29) is 0 Å². The summed E-state index contributed by atoms with van der Waals surface area (Å²) in [6.45, 7) is 5.61. The summed E-state index contributed by atoms with van der Waals surface area (Å²) >= 11 is 0. The molecular formula is C29H27NO5. The number of carbonyl (C=O) groups is 2. The molecular weight excluding hydrogens is 442 g/mol. The van der Waals surface area contributed by atoms with E-state index in [4.69, 9.17) is 14.2 Å². The predicted octanol–water partition coefficient (Wildman–Crippen LogP) is 5.64. The number of ether oxygens (including phenoxy) is 3. The molecule has 0 aliphatic carbocycles. The summed E-state index contributed by atoms with van der Waals surface area (Å²) in [4.78, 5) is 29.4. The quantitative estimate of drug-likeness (QED) is 0.292. The zero-order valence-electron chi connectivity index (χ0n) is 19.9. The second kappa shape index (κ2) is 8.95. The number of para-hydroxylation sites is 1. The first-order valence-electron chi connectivity index (χ1n) is 11.6. The van der Waals surface area contributed by atoms with Crippen molar-refractivity contribution in [3.05, 3.63) is 101 Å². The Hall–Kier alpha value is -4.06. The lowest BCUT2D eigenvalue weighted by molar-refractivity contribution is -0.240. The van der Waals surface area contributed by atoms with Gasteiger partial charge in [-0.2, -0.15) is 0 Å². The van der Waals surface area contributed by atoms with Crippen molar-refractivity contribution in [1.29, 1.82) is 0 Å². The van der Waals surface area contributed by atoms with Crippen molar-refractivity contribution in [3.8, 4) is 5.75 Å². The van der Waals surface area contributed by atoms with Crippen molar-refractivity contribution in [1.82, 2.24) is 4.98 Å². The number of benzene rings is 3. The monoisotopic (exact) mass is 469 g/mol. The Morgan fingerprint density at radius 1 is 0.943 bits per heavy atom. The van der Waals surface area contributed by atoms with Gasteiger partial charge in [-0.15, -0.1) is 0 Å². The fourth-order valence-electron chi connectivity index (χ4n) is 4.64. The van der Waals surface area contributed by atoms with Crippen molar-refractivity contribution in [2.24, 2.45) is 5.92 Å². The molecule has 3 aromatic carbocycles. The van der Waals surface area contributed by atoms with Gasteiger partial charge in [0, 0.05) is 36.9 Å². The molecule has 2 heterocycles. The first-order valence-corrected chi connectivity index (χ1v) is 11.6. The fourth-order valence-corrected chi connectivity index (χ4v) is 4.64. The standard InChI is InChI=1S/C29H27NO5/c1-18-7-6-8-19(15-18)17-33-21-13-11-20(12-14-21)25(23-16-30-24-10-5-4-9-22(23)24)26-27(31)34-29(2,3)35-28(26)32/h4-16,25-26,30H,17H2,1-3H3/t25-/m0/s1. The minimum Gasteiger partial charge on any atom is -0.489 e. The number of aromatic nitrogens is 1. The van der Waals surface area contributed by atoms with Crippen LogP contribution in [0.4, 0.5) is 0 Å². The molecule has 4 aromatic rings. The molecule has 0 amide bonds. The predicted molar refractivity (Wildman–Crippen MR) is 132 cm³/mol. The summed E-state index contributed by atoms with van der Waals surface area (Å²) in [5.41, 5.74) is 4.80. The number of aryl methyl sites for hydroxylation is 1. The zero-order chi connectivity index (χ0) is 24.6. The topological polar surface area (TPSA) is 77.6 Å².